The predicted octanol–water partition coefficient (Wildman–Crippen LogP) is 1.69. The fourth-order valence-electron chi connectivity index (χ4n) is 3.27. The second kappa shape index (κ2) is 5.29. The molecular formula is C14H19ClN2O. The van der Waals surface area contributed by atoms with Crippen LogP contribution in [0.25, 0.3) is 0 Å². The Morgan fingerprint density at radius 3 is 2.67 bits per heavy atom. The lowest BCUT2D eigenvalue weighted by Gasteiger charge is -2.36. The molecule has 0 radical (unpaired) electrons. The molecule has 2 N–H and O–H groups in total. The molecule has 1 spiro atoms. The fraction of sp³-hybridized carbons (Fsp3) is 0.500. The summed E-state index contributed by atoms with van der Waals surface area (Å²) in [7, 11) is 0. The van der Waals surface area contributed by atoms with Crippen LogP contribution in [-0.4, -0.2) is 25.5 Å². The minimum absolute atomic E-state index is 0. The molecule has 2 saturated heterocycles. The molecule has 2 aliphatic rings. The largest absolute Gasteiger partial charge is 0.355 e. The van der Waals surface area contributed by atoms with Gasteiger partial charge in [-0.25, -0.2) is 0 Å². The van der Waals surface area contributed by atoms with Crippen molar-refractivity contribution in [2.45, 2.75) is 18.8 Å². The van der Waals surface area contributed by atoms with E-state index in [0.29, 0.717) is 5.92 Å². The van der Waals surface area contributed by atoms with Gasteiger partial charge in [-0.15, -0.1) is 12.4 Å². The van der Waals surface area contributed by atoms with Crippen molar-refractivity contribution in [3.05, 3.63) is 35.9 Å². The van der Waals surface area contributed by atoms with Crippen LogP contribution >= 0.6 is 12.4 Å². The third kappa shape index (κ3) is 2.02. The topological polar surface area (TPSA) is 41.1 Å². The molecule has 0 saturated carbocycles. The SMILES string of the molecule is Cl.O=C1NCC(c2ccccc2)C12CCCNC2. The van der Waals surface area contributed by atoms with Crippen LogP contribution in [0.1, 0.15) is 24.3 Å². The van der Waals surface area contributed by atoms with Crippen molar-refractivity contribution < 1.29 is 4.79 Å². The first-order valence-electron chi connectivity index (χ1n) is 6.37. The van der Waals surface area contributed by atoms with Gasteiger partial charge in [0.05, 0.1) is 5.41 Å². The number of carbonyl (C=O) groups is 1. The Hall–Kier alpha value is -1.06. The highest BCUT2D eigenvalue weighted by Gasteiger charge is 2.50. The fourth-order valence-corrected chi connectivity index (χ4v) is 3.27. The monoisotopic (exact) mass is 266 g/mol. The van der Waals surface area contributed by atoms with Crippen molar-refractivity contribution in [2.24, 2.45) is 5.41 Å². The molecule has 1 aromatic carbocycles. The molecule has 0 aliphatic carbocycles. The summed E-state index contributed by atoms with van der Waals surface area (Å²) in [5, 5.41) is 6.44. The Morgan fingerprint density at radius 1 is 1.22 bits per heavy atom. The standard InChI is InChI=1S/C14H18N2O.ClH/c17-13-14(7-4-8-15-10-14)12(9-16-13)11-5-2-1-3-6-11;/h1-3,5-6,12,15H,4,7-10H2,(H,16,17);1H. The Morgan fingerprint density at radius 2 is 2.00 bits per heavy atom. The average Bonchev–Trinajstić information content (AvgIpc) is 2.69. The molecule has 98 valence electrons. The highest BCUT2D eigenvalue weighted by molar-refractivity contribution is 5.87. The number of hydrogen-bond donors (Lipinski definition) is 2. The Bertz CT molecular complexity index is 415. The van der Waals surface area contributed by atoms with E-state index in [2.05, 4.69) is 34.9 Å². The van der Waals surface area contributed by atoms with Gasteiger partial charge >= 0.3 is 0 Å². The van der Waals surface area contributed by atoms with Crippen LogP contribution in [0, 0.1) is 5.41 Å². The summed E-state index contributed by atoms with van der Waals surface area (Å²) in [4.78, 5) is 12.2. The summed E-state index contributed by atoms with van der Waals surface area (Å²) in [6.45, 7) is 2.64. The van der Waals surface area contributed by atoms with Gasteiger partial charge in [-0.3, -0.25) is 4.79 Å². The van der Waals surface area contributed by atoms with Crippen LogP contribution in [0.4, 0.5) is 0 Å². The quantitative estimate of drug-likeness (QED) is 0.812. The van der Waals surface area contributed by atoms with Crippen molar-refractivity contribution in [1.82, 2.24) is 10.6 Å². The summed E-state index contributed by atoms with van der Waals surface area (Å²) in [5.74, 6) is 0.558. The van der Waals surface area contributed by atoms with E-state index in [0.717, 1.165) is 32.5 Å². The molecule has 0 aromatic heterocycles. The highest BCUT2D eigenvalue weighted by atomic mass is 35.5. The molecule has 2 fully saturated rings. The molecule has 2 unspecified atom stereocenters. The Labute approximate surface area is 114 Å². The number of halogens is 1. The molecule has 2 atom stereocenters. The summed E-state index contributed by atoms with van der Waals surface area (Å²) < 4.78 is 0. The van der Waals surface area contributed by atoms with Gasteiger partial charge in [0.1, 0.15) is 0 Å². The molecule has 2 heterocycles. The number of hydrogen-bond acceptors (Lipinski definition) is 2. The number of rotatable bonds is 1. The van der Waals surface area contributed by atoms with Crippen molar-refractivity contribution in [3.63, 3.8) is 0 Å². The lowest BCUT2D eigenvalue weighted by molar-refractivity contribution is -0.129. The van der Waals surface area contributed by atoms with Crippen LogP contribution in [0.3, 0.4) is 0 Å². The van der Waals surface area contributed by atoms with Gasteiger partial charge in [-0.2, -0.15) is 0 Å². The second-order valence-electron chi connectivity index (χ2n) is 5.11. The van der Waals surface area contributed by atoms with Gasteiger partial charge in [0, 0.05) is 19.0 Å². The second-order valence-corrected chi connectivity index (χ2v) is 5.11. The third-order valence-electron chi connectivity index (χ3n) is 4.20. The van der Waals surface area contributed by atoms with Crippen molar-refractivity contribution >= 4 is 18.3 Å². The van der Waals surface area contributed by atoms with E-state index in [1.807, 2.05) is 6.07 Å². The molecule has 3 nitrogen and oxygen atoms in total. The molecule has 0 bridgehead atoms. The Balaban J connectivity index is 0.00000120. The smallest absolute Gasteiger partial charge is 0.228 e. The number of benzene rings is 1. The van der Waals surface area contributed by atoms with Crippen molar-refractivity contribution in [1.29, 1.82) is 0 Å². The maximum Gasteiger partial charge on any atom is 0.228 e. The van der Waals surface area contributed by atoms with Crippen LogP contribution in [0.5, 0.6) is 0 Å². The third-order valence-corrected chi connectivity index (χ3v) is 4.20. The van der Waals surface area contributed by atoms with E-state index in [4.69, 9.17) is 0 Å². The molecule has 1 amide bonds. The molecule has 1 aromatic rings. The van der Waals surface area contributed by atoms with Crippen LogP contribution in [-0.2, 0) is 4.79 Å². The molecule has 18 heavy (non-hydrogen) atoms. The minimum atomic E-state index is -0.209. The molecular weight excluding hydrogens is 248 g/mol. The maximum atomic E-state index is 12.2. The number of nitrogens with one attached hydrogen (secondary N) is 2. The van der Waals surface area contributed by atoms with Gasteiger partial charge in [0.25, 0.3) is 0 Å². The molecule has 2 aliphatic heterocycles. The van der Waals surface area contributed by atoms with Gasteiger partial charge < -0.3 is 10.6 Å². The zero-order valence-electron chi connectivity index (χ0n) is 10.3. The number of amides is 1. The normalized spacial score (nSPS) is 30.9. The number of piperidine rings is 1. The summed E-state index contributed by atoms with van der Waals surface area (Å²) >= 11 is 0. The lowest BCUT2D eigenvalue weighted by Crippen LogP contribution is -2.47. The van der Waals surface area contributed by atoms with E-state index in [-0.39, 0.29) is 23.7 Å². The lowest BCUT2D eigenvalue weighted by atomic mass is 9.69. The van der Waals surface area contributed by atoms with E-state index in [9.17, 15) is 4.79 Å². The van der Waals surface area contributed by atoms with Crippen molar-refractivity contribution in [3.8, 4) is 0 Å². The summed E-state index contributed by atoms with van der Waals surface area (Å²) in [6.07, 6.45) is 2.10. The van der Waals surface area contributed by atoms with Crippen LogP contribution < -0.4 is 10.6 Å². The first-order chi connectivity index (χ1) is 8.33. The first kappa shape index (κ1) is 13.4. The zero-order chi connectivity index (χ0) is 11.7. The van der Waals surface area contributed by atoms with E-state index < -0.39 is 0 Å². The van der Waals surface area contributed by atoms with E-state index >= 15 is 0 Å². The summed E-state index contributed by atoms with van der Waals surface area (Å²) in [5.41, 5.74) is 1.08. The van der Waals surface area contributed by atoms with E-state index in [1.165, 1.54) is 5.56 Å². The van der Waals surface area contributed by atoms with Crippen molar-refractivity contribution in [2.75, 3.05) is 19.6 Å². The van der Waals surface area contributed by atoms with Gasteiger partial charge in [0.2, 0.25) is 5.91 Å². The van der Waals surface area contributed by atoms with Gasteiger partial charge in [0.15, 0.2) is 0 Å². The minimum Gasteiger partial charge on any atom is -0.355 e. The van der Waals surface area contributed by atoms with E-state index in [1.54, 1.807) is 0 Å². The predicted molar refractivity (Wildman–Crippen MR) is 74.0 cm³/mol. The maximum absolute atomic E-state index is 12.2. The van der Waals surface area contributed by atoms with Crippen LogP contribution in [0.15, 0.2) is 30.3 Å². The highest BCUT2D eigenvalue weighted by Crippen LogP contribution is 2.44. The average molecular weight is 267 g/mol. The van der Waals surface area contributed by atoms with Gasteiger partial charge in [-0.1, -0.05) is 30.3 Å². The van der Waals surface area contributed by atoms with Crippen LogP contribution in [0.2, 0.25) is 0 Å². The first-order valence-corrected chi connectivity index (χ1v) is 6.37. The molecule has 4 heteroatoms. The summed E-state index contributed by atoms with van der Waals surface area (Å²) in [6, 6.07) is 10.4. The zero-order valence-corrected chi connectivity index (χ0v) is 11.1. The molecule has 3 rings (SSSR count). The number of carbonyl (C=O) groups excluding carboxylic acids is 1. The van der Waals surface area contributed by atoms with Gasteiger partial charge in [-0.05, 0) is 24.9 Å². The Kier molecular flexibility index (Phi) is 3.93.